The molecule has 0 aliphatic heterocycles. The largest absolute Gasteiger partial charge is 0.444 e. The van der Waals surface area contributed by atoms with Gasteiger partial charge in [0.05, 0.1) is 18.1 Å². The van der Waals surface area contributed by atoms with Gasteiger partial charge in [0.15, 0.2) is 0 Å². The maximum atomic E-state index is 12.1. The molecule has 0 N–H and O–H groups in total. The van der Waals surface area contributed by atoms with Gasteiger partial charge in [-0.2, -0.15) is 5.10 Å². The summed E-state index contributed by atoms with van der Waals surface area (Å²) >= 11 is 0. The zero-order chi connectivity index (χ0) is 20.5. The third kappa shape index (κ3) is 4.41. The predicted octanol–water partition coefficient (Wildman–Crippen LogP) is 2.43. The number of carbonyl (C=O) groups is 1. The number of hydrogen-bond donors (Lipinski definition) is 0. The number of anilines is 1. The lowest BCUT2D eigenvalue weighted by molar-refractivity contribution is 0.0303. The number of ether oxygens (including phenoxy) is 1. The third-order valence-electron chi connectivity index (χ3n) is 4.25. The molecule has 0 spiro atoms. The van der Waals surface area contributed by atoms with Crippen LogP contribution in [0.1, 0.15) is 20.8 Å². The summed E-state index contributed by atoms with van der Waals surface area (Å²) in [5.41, 5.74) is 2.07. The molecule has 0 aliphatic carbocycles. The summed E-state index contributed by atoms with van der Waals surface area (Å²) in [5, 5.41) is 4.18. The maximum absolute atomic E-state index is 12.1. The van der Waals surface area contributed by atoms with Gasteiger partial charge in [0, 0.05) is 52.1 Å². The number of imidazole rings is 1. The van der Waals surface area contributed by atoms with Gasteiger partial charge < -0.3 is 14.5 Å². The fourth-order valence-corrected chi connectivity index (χ4v) is 2.71. The van der Waals surface area contributed by atoms with E-state index in [0.717, 1.165) is 22.7 Å². The lowest BCUT2D eigenvalue weighted by atomic mass is 10.2. The minimum absolute atomic E-state index is 0.332. The molecule has 0 aliphatic rings. The summed E-state index contributed by atoms with van der Waals surface area (Å²) in [6.45, 7) is 6.73. The third-order valence-corrected chi connectivity index (χ3v) is 4.25. The molecule has 3 aromatic rings. The summed E-state index contributed by atoms with van der Waals surface area (Å²) < 4.78 is 9.05. The van der Waals surface area contributed by atoms with Crippen LogP contribution < -0.4 is 4.90 Å². The molecule has 0 bridgehead atoms. The standard InChI is InChI=1S/C19H27N7O2/c1-19(2,3)28-18(27)24(5)8-7-23(4)17-11-20-16-9-15(21-13-26(16)17)14-10-22-25(6)12-14/h9-13H,7-8H2,1-6H3. The first-order chi connectivity index (χ1) is 13.1. The van der Waals surface area contributed by atoms with Gasteiger partial charge >= 0.3 is 6.09 Å². The Morgan fingerprint density at radius 2 is 1.93 bits per heavy atom. The average molecular weight is 385 g/mol. The smallest absolute Gasteiger partial charge is 0.410 e. The second-order valence-electron chi connectivity index (χ2n) is 7.84. The Morgan fingerprint density at radius 3 is 2.57 bits per heavy atom. The van der Waals surface area contributed by atoms with E-state index in [-0.39, 0.29) is 6.09 Å². The molecule has 0 radical (unpaired) electrons. The molecule has 0 aromatic carbocycles. The molecule has 3 aromatic heterocycles. The zero-order valence-corrected chi connectivity index (χ0v) is 17.2. The van der Waals surface area contributed by atoms with Crippen LogP contribution in [0.15, 0.2) is 31.0 Å². The van der Waals surface area contributed by atoms with Gasteiger partial charge in [-0.05, 0) is 20.8 Å². The van der Waals surface area contributed by atoms with Crippen molar-refractivity contribution in [2.24, 2.45) is 7.05 Å². The number of likely N-dealkylation sites (N-methyl/N-ethyl adjacent to an activating group) is 2. The number of nitrogens with zero attached hydrogens (tertiary/aromatic N) is 7. The summed E-state index contributed by atoms with van der Waals surface area (Å²) in [6.07, 6.45) is 6.93. The van der Waals surface area contributed by atoms with E-state index < -0.39 is 5.60 Å². The van der Waals surface area contributed by atoms with Crippen molar-refractivity contribution in [2.75, 3.05) is 32.1 Å². The lowest BCUT2D eigenvalue weighted by Crippen LogP contribution is -2.38. The molecule has 3 rings (SSSR count). The van der Waals surface area contributed by atoms with E-state index in [9.17, 15) is 4.79 Å². The highest BCUT2D eigenvalue weighted by molar-refractivity contribution is 5.68. The van der Waals surface area contributed by atoms with Crippen molar-refractivity contribution < 1.29 is 9.53 Å². The highest BCUT2D eigenvalue weighted by atomic mass is 16.6. The number of rotatable bonds is 5. The Bertz CT molecular complexity index is 970. The molecule has 0 fully saturated rings. The van der Waals surface area contributed by atoms with E-state index in [1.54, 1.807) is 35.4 Å². The molecule has 9 nitrogen and oxygen atoms in total. The van der Waals surface area contributed by atoms with Gasteiger partial charge in [0.25, 0.3) is 0 Å². The monoisotopic (exact) mass is 385 g/mol. The second kappa shape index (κ2) is 7.49. The van der Waals surface area contributed by atoms with Crippen molar-refractivity contribution in [3.8, 4) is 11.3 Å². The predicted molar refractivity (Wildman–Crippen MR) is 107 cm³/mol. The van der Waals surface area contributed by atoms with Crippen molar-refractivity contribution in [3.63, 3.8) is 0 Å². The van der Waals surface area contributed by atoms with E-state index in [1.807, 2.05) is 56.4 Å². The van der Waals surface area contributed by atoms with Crippen LogP contribution in [0, 0.1) is 0 Å². The van der Waals surface area contributed by atoms with Crippen LogP contribution in [-0.2, 0) is 11.8 Å². The molecule has 3 heterocycles. The van der Waals surface area contributed by atoms with Gasteiger partial charge in [-0.25, -0.2) is 14.8 Å². The molecule has 0 saturated carbocycles. The SMILES string of the molecule is CN(CCN(C)c1cnc2cc(-c3cnn(C)c3)ncn12)C(=O)OC(C)(C)C. The summed E-state index contributed by atoms with van der Waals surface area (Å²) in [5.74, 6) is 0.901. The Morgan fingerprint density at radius 1 is 1.18 bits per heavy atom. The van der Waals surface area contributed by atoms with Gasteiger partial charge in [0.1, 0.15) is 23.4 Å². The summed E-state index contributed by atoms with van der Waals surface area (Å²) in [6, 6.07) is 1.93. The van der Waals surface area contributed by atoms with Crippen LogP contribution >= 0.6 is 0 Å². The highest BCUT2D eigenvalue weighted by Crippen LogP contribution is 2.21. The minimum atomic E-state index is -0.503. The van der Waals surface area contributed by atoms with Crippen LogP contribution in [0.3, 0.4) is 0 Å². The molecule has 28 heavy (non-hydrogen) atoms. The molecule has 0 saturated heterocycles. The Balaban J connectivity index is 1.68. The van der Waals surface area contributed by atoms with Crippen LogP contribution in [0.4, 0.5) is 10.6 Å². The van der Waals surface area contributed by atoms with Crippen LogP contribution in [0.5, 0.6) is 0 Å². The summed E-state index contributed by atoms with van der Waals surface area (Å²) in [7, 11) is 5.57. The van der Waals surface area contributed by atoms with E-state index in [2.05, 4.69) is 15.1 Å². The number of hydrogen-bond acceptors (Lipinski definition) is 6. The van der Waals surface area contributed by atoms with Crippen molar-refractivity contribution in [2.45, 2.75) is 26.4 Å². The number of amides is 1. The first-order valence-electron chi connectivity index (χ1n) is 9.11. The van der Waals surface area contributed by atoms with Gasteiger partial charge in [-0.1, -0.05) is 0 Å². The lowest BCUT2D eigenvalue weighted by Gasteiger charge is -2.26. The second-order valence-corrected chi connectivity index (χ2v) is 7.84. The van der Waals surface area contributed by atoms with Crippen LogP contribution in [0.2, 0.25) is 0 Å². The number of carbonyl (C=O) groups excluding carboxylic acids is 1. The normalized spacial score (nSPS) is 11.6. The summed E-state index contributed by atoms with van der Waals surface area (Å²) in [4.78, 5) is 24.7. The van der Waals surface area contributed by atoms with Crippen LogP contribution in [-0.4, -0.2) is 67.9 Å². The van der Waals surface area contributed by atoms with E-state index in [0.29, 0.717) is 13.1 Å². The topological polar surface area (TPSA) is 80.8 Å². The Kier molecular flexibility index (Phi) is 5.26. The van der Waals surface area contributed by atoms with Crippen molar-refractivity contribution in [3.05, 3.63) is 31.0 Å². The average Bonchev–Trinajstić information content (AvgIpc) is 3.23. The quantitative estimate of drug-likeness (QED) is 0.671. The van der Waals surface area contributed by atoms with Crippen molar-refractivity contribution in [1.82, 2.24) is 29.0 Å². The molecule has 0 atom stereocenters. The van der Waals surface area contributed by atoms with E-state index >= 15 is 0 Å². The molecule has 9 heteroatoms. The molecule has 1 amide bonds. The molecular formula is C19H27N7O2. The van der Waals surface area contributed by atoms with E-state index in [1.165, 1.54) is 0 Å². The Hall–Kier alpha value is -3.10. The molecule has 0 unspecified atom stereocenters. The van der Waals surface area contributed by atoms with Gasteiger partial charge in [-0.15, -0.1) is 0 Å². The van der Waals surface area contributed by atoms with Crippen molar-refractivity contribution in [1.29, 1.82) is 0 Å². The Labute approximate surface area is 164 Å². The van der Waals surface area contributed by atoms with Crippen LogP contribution in [0.25, 0.3) is 16.9 Å². The molecule has 150 valence electrons. The van der Waals surface area contributed by atoms with Gasteiger partial charge in [0.2, 0.25) is 0 Å². The maximum Gasteiger partial charge on any atom is 0.410 e. The van der Waals surface area contributed by atoms with E-state index in [4.69, 9.17) is 4.74 Å². The number of aryl methyl sites for hydroxylation is 1. The van der Waals surface area contributed by atoms with Crippen molar-refractivity contribution >= 4 is 17.6 Å². The fraction of sp³-hybridized carbons (Fsp3) is 0.474. The zero-order valence-electron chi connectivity index (χ0n) is 17.2. The molecular weight excluding hydrogens is 358 g/mol. The highest BCUT2D eigenvalue weighted by Gasteiger charge is 2.20. The van der Waals surface area contributed by atoms with Gasteiger partial charge in [-0.3, -0.25) is 9.08 Å². The minimum Gasteiger partial charge on any atom is -0.444 e. The number of aromatic nitrogens is 5. The fourth-order valence-electron chi connectivity index (χ4n) is 2.71. The number of fused-ring (bicyclic) bond motifs is 1. The first kappa shape index (κ1) is 19.7. The first-order valence-corrected chi connectivity index (χ1v) is 9.11.